The topological polar surface area (TPSA) is 67.6 Å². The van der Waals surface area contributed by atoms with Gasteiger partial charge in [0, 0.05) is 30.1 Å². The van der Waals surface area contributed by atoms with Crippen molar-refractivity contribution in [2.75, 3.05) is 19.7 Å². The number of fused-ring (bicyclic) bond motifs is 1. The first-order valence-corrected chi connectivity index (χ1v) is 11.3. The zero-order valence-corrected chi connectivity index (χ0v) is 18.7. The number of nitrogens with zero attached hydrogens (tertiary/aromatic N) is 3. The SMILES string of the molecule is CCOc1ccccc1CN1CCC(O)(Cn2cnc3sc(C)c(C)c3c2=O)CC1. The van der Waals surface area contributed by atoms with Crippen LogP contribution in [0.4, 0.5) is 0 Å². The van der Waals surface area contributed by atoms with Crippen LogP contribution in [-0.2, 0) is 13.1 Å². The van der Waals surface area contributed by atoms with E-state index in [1.54, 1.807) is 22.2 Å². The molecule has 30 heavy (non-hydrogen) atoms. The van der Waals surface area contributed by atoms with E-state index in [0.29, 0.717) is 24.8 Å². The smallest absolute Gasteiger partial charge is 0.262 e. The second kappa shape index (κ2) is 8.49. The molecule has 0 saturated carbocycles. The normalized spacial score (nSPS) is 16.8. The van der Waals surface area contributed by atoms with E-state index in [9.17, 15) is 9.90 Å². The van der Waals surface area contributed by atoms with E-state index < -0.39 is 5.60 Å². The van der Waals surface area contributed by atoms with Crippen molar-refractivity contribution in [1.82, 2.24) is 14.5 Å². The lowest BCUT2D eigenvalue weighted by molar-refractivity contribution is -0.0365. The molecule has 0 amide bonds. The highest BCUT2D eigenvalue weighted by Crippen LogP contribution is 2.28. The summed E-state index contributed by atoms with van der Waals surface area (Å²) >= 11 is 1.55. The molecule has 4 rings (SSSR count). The van der Waals surface area contributed by atoms with E-state index in [-0.39, 0.29) is 12.1 Å². The summed E-state index contributed by atoms with van der Waals surface area (Å²) in [7, 11) is 0. The molecule has 1 aliphatic rings. The van der Waals surface area contributed by atoms with Crippen molar-refractivity contribution < 1.29 is 9.84 Å². The summed E-state index contributed by atoms with van der Waals surface area (Å²) < 4.78 is 7.32. The standard InChI is InChI=1S/C23H29N3O3S/c1-4-29-19-8-6-5-7-18(19)13-25-11-9-23(28,10-12-25)14-26-15-24-21-20(22(26)27)16(2)17(3)30-21/h5-8,15,28H,4,9-14H2,1-3H3. The van der Waals surface area contributed by atoms with E-state index in [0.717, 1.165) is 40.7 Å². The van der Waals surface area contributed by atoms with Crippen LogP contribution in [0.3, 0.4) is 0 Å². The lowest BCUT2D eigenvalue weighted by Gasteiger charge is -2.38. The number of thiophene rings is 1. The Hall–Kier alpha value is -2.22. The fourth-order valence-corrected chi connectivity index (χ4v) is 5.14. The predicted octanol–water partition coefficient (Wildman–Crippen LogP) is 3.50. The van der Waals surface area contributed by atoms with Crippen LogP contribution in [0.25, 0.3) is 10.2 Å². The zero-order valence-electron chi connectivity index (χ0n) is 17.9. The van der Waals surface area contributed by atoms with Crippen molar-refractivity contribution in [2.45, 2.75) is 52.3 Å². The quantitative estimate of drug-likeness (QED) is 0.652. The molecular formula is C23H29N3O3S. The molecule has 2 aromatic heterocycles. The summed E-state index contributed by atoms with van der Waals surface area (Å²) in [6, 6.07) is 8.12. The minimum Gasteiger partial charge on any atom is -0.494 e. The minimum atomic E-state index is -0.895. The van der Waals surface area contributed by atoms with Gasteiger partial charge in [0.2, 0.25) is 0 Å². The second-order valence-electron chi connectivity index (χ2n) is 8.18. The van der Waals surface area contributed by atoms with Crippen molar-refractivity contribution in [3.05, 3.63) is 57.0 Å². The Morgan fingerprint density at radius 2 is 1.97 bits per heavy atom. The summed E-state index contributed by atoms with van der Waals surface area (Å²) in [6.07, 6.45) is 2.83. The highest BCUT2D eigenvalue weighted by atomic mass is 32.1. The van der Waals surface area contributed by atoms with Gasteiger partial charge in [0.1, 0.15) is 10.6 Å². The number of rotatable bonds is 6. The van der Waals surface area contributed by atoms with Crippen molar-refractivity contribution >= 4 is 21.6 Å². The molecule has 160 valence electrons. The van der Waals surface area contributed by atoms with Gasteiger partial charge in [0.15, 0.2) is 0 Å². The van der Waals surface area contributed by atoms with Crippen molar-refractivity contribution in [1.29, 1.82) is 0 Å². The highest BCUT2D eigenvalue weighted by molar-refractivity contribution is 7.18. The lowest BCUT2D eigenvalue weighted by atomic mass is 9.91. The van der Waals surface area contributed by atoms with Gasteiger partial charge in [-0.1, -0.05) is 18.2 Å². The number of aliphatic hydroxyl groups is 1. The van der Waals surface area contributed by atoms with E-state index >= 15 is 0 Å². The van der Waals surface area contributed by atoms with E-state index in [1.165, 1.54) is 5.56 Å². The monoisotopic (exact) mass is 427 g/mol. The van der Waals surface area contributed by atoms with Gasteiger partial charge < -0.3 is 9.84 Å². The van der Waals surface area contributed by atoms with Gasteiger partial charge in [0.25, 0.3) is 5.56 Å². The molecule has 0 bridgehead atoms. The Balaban J connectivity index is 1.45. The van der Waals surface area contributed by atoms with Crippen LogP contribution in [0.5, 0.6) is 5.75 Å². The van der Waals surface area contributed by atoms with E-state index in [4.69, 9.17) is 4.74 Å². The lowest BCUT2D eigenvalue weighted by Crippen LogP contribution is -2.47. The summed E-state index contributed by atoms with van der Waals surface area (Å²) in [5.74, 6) is 0.924. The van der Waals surface area contributed by atoms with Crippen LogP contribution in [0.2, 0.25) is 0 Å². The number of likely N-dealkylation sites (tertiary alicyclic amines) is 1. The van der Waals surface area contributed by atoms with Crippen LogP contribution >= 0.6 is 11.3 Å². The van der Waals surface area contributed by atoms with Crippen molar-refractivity contribution in [3.63, 3.8) is 0 Å². The maximum absolute atomic E-state index is 13.0. The number of aryl methyl sites for hydroxylation is 2. The molecular weight excluding hydrogens is 398 g/mol. The second-order valence-corrected chi connectivity index (χ2v) is 9.39. The molecule has 0 radical (unpaired) electrons. The molecule has 0 spiro atoms. The van der Waals surface area contributed by atoms with Crippen LogP contribution in [0.15, 0.2) is 35.4 Å². The number of para-hydroxylation sites is 1. The predicted molar refractivity (Wildman–Crippen MR) is 120 cm³/mol. The van der Waals surface area contributed by atoms with Crippen LogP contribution in [-0.4, -0.2) is 44.9 Å². The number of hydrogen-bond acceptors (Lipinski definition) is 6. The maximum atomic E-state index is 13.0. The number of piperidine rings is 1. The van der Waals surface area contributed by atoms with Gasteiger partial charge >= 0.3 is 0 Å². The van der Waals surface area contributed by atoms with Gasteiger partial charge in [-0.2, -0.15) is 0 Å². The molecule has 0 aliphatic carbocycles. The molecule has 1 N–H and O–H groups in total. The molecule has 1 aliphatic heterocycles. The summed E-state index contributed by atoms with van der Waals surface area (Å²) in [4.78, 5) is 21.7. The molecule has 0 unspecified atom stereocenters. The van der Waals surface area contributed by atoms with E-state index in [2.05, 4.69) is 16.0 Å². The Morgan fingerprint density at radius 3 is 2.70 bits per heavy atom. The number of benzene rings is 1. The number of ether oxygens (including phenoxy) is 1. The fourth-order valence-electron chi connectivity index (χ4n) is 4.16. The van der Waals surface area contributed by atoms with Gasteiger partial charge in [0.05, 0.1) is 30.5 Å². The first-order valence-electron chi connectivity index (χ1n) is 10.5. The maximum Gasteiger partial charge on any atom is 0.262 e. The number of aromatic nitrogens is 2. The molecule has 3 aromatic rings. The minimum absolute atomic E-state index is 0.0525. The molecule has 1 aromatic carbocycles. The molecule has 0 atom stereocenters. The summed E-state index contributed by atoms with van der Waals surface area (Å²) in [5, 5.41) is 11.9. The van der Waals surface area contributed by atoms with Crippen LogP contribution < -0.4 is 10.3 Å². The molecule has 7 heteroatoms. The van der Waals surface area contributed by atoms with Gasteiger partial charge in [-0.15, -0.1) is 11.3 Å². The Labute approximate surface area is 180 Å². The Bertz CT molecular complexity index is 1100. The molecule has 3 heterocycles. The van der Waals surface area contributed by atoms with Gasteiger partial charge in [-0.05, 0) is 45.2 Å². The highest BCUT2D eigenvalue weighted by Gasteiger charge is 2.33. The average Bonchev–Trinajstić information content (AvgIpc) is 3.02. The third-order valence-electron chi connectivity index (χ3n) is 6.07. The summed E-state index contributed by atoms with van der Waals surface area (Å²) in [6.45, 7) is 9.25. The first kappa shape index (κ1) is 21.0. The van der Waals surface area contributed by atoms with Crippen LogP contribution in [0.1, 0.15) is 35.8 Å². The van der Waals surface area contributed by atoms with Crippen LogP contribution in [0, 0.1) is 13.8 Å². The molecule has 6 nitrogen and oxygen atoms in total. The molecule has 1 saturated heterocycles. The Morgan fingerprint density at radius 1 is 1.23 bits per heavy atom. The fraction of sp³-hybridized carbons (Fsp3) is 0.478. The van der Waals surface area contributed by atoms with Crippen molar-refractivity contribution in [2.24, 2.45) is 0 Å². The zero-order chi connectivity index (χ0) is 21.3. The van der Waals surface area contributed by atoms with Crippen molar-refractivity contribution in [3.8, 4) is 5.75 Å². The van der Waals surface area contributed by atoms with E-state index in [1.807, 2.05) is 39.0 Å². The molecule has 1 fully saturated rings. The third kappa shape index (κ3) is 4.15. The first-order chi connectivity index (χ1) is 14.4. The Kier molecular flexibility index (Phi) is 5.95. The summed E-state index contributed by atoms with van der Waals surface area (Å²) in [5.41, 5.74) is 1.22. The third-order valence-corrected chi connectivity index (χ3v) is 7.19. The average molecular weight is 428 g/mol. The van der Waals surface area contributed by atoms with Gasteiger partial charge in [-0.25, -0.2) is 4.98 Å². The largest absolute Gasteiger partial charge is 0.494 e. The number of hydrogen-bond donors (Lipinski definition) is 1. The van der Waals surface area contributed by atoms with Gasteiger partial charge in [-0.3, -0.25) is 14.3 Å².